The molecule has 0 unspecified atom stereocenters. The Hall–Kier alpha value is -3.68. The number of anilines is 2. The second-order valence-electron chi connectivity index (χ2n) is 10.5. The summed E-state index contributed by atoms with van der Waals surface area (Å²) in [7, 11) is 1.83. The van der Waals surface area contributed by atoms with E-state index in [-0.39, 0.29) is 41.9 Å². The molecule has 1 heterocycles. The quantitative estimate of drug-likeness (QED) is 0.575. The molecule has 1 aliphatic heterocycles. The highest BCUT2D eigenvalue weighted by molar-refractivity contribution is 5.97. The van der Waals surface area contributed by atoms with Crippen LogP contribution < -0.4 is 10.6 Å². The number of amides is 4. The first-order valence-corrected chi connectivity index (χ1v) is 13.2. The molecule has 0 aromatic heterocycles. The van der Waals surface area contributed by atoms with Gasteiger partial charge in [-0.3, -0.25) is 19.2 Å². The van der Waals surface area contributed by atoms with E-state index in [1.807, 2.05) is 36.2 Å². The standard InChI is InChI=1S/C29H34N4O4/c1-32(25-11-12-25)28(36)21-7-9-23(10-8-21)30-26(34)18-19-3-2-4-24(17-19)31-27(35)20-13-15-33(16-14-20)29(37)22-5-6-22/h2-4,7-10,17,20,22,25H,5-6,11-16,18H2,1H3,(H,30,34)(H,31,35). The lowest BCUT2D eigenvalue weighted by Gasteiger charge is -2.31. The van der Waals surface area contributed by atoms with E-state index in [0.29, 0.717) is 48.9 Å². The number of carbonyl (C=O) groups is 4. The molecule has 4 amide bonds. The number of benzene rings is 2. The van der Waals surface area contributed by atoms with Crippen molar-refractivity contribution >= 4 is 35.0 Å². The molecule has 5 rings (SSSR count). The monoisotopic (exact) mass is 502 g/mol. The molecule has 2 aromatic rings. The molecule has 2 aliphatic carbocycles. The molecule has 194 valence electrons. The summed E-state index contributed by atoms with van der Waals surface area (Å²) < 4.78 is 0. The molecular weight excluding hydrogens is 468 g/mol. The van der Waals surface area contributed by atoms with Gasteiger partial charge in [-0.25, -0.2) is 0 Å². The fourth-order valence-electron chi connectivity index (χ4n) is 4.87. The van der Waals surface area contributed by atoms with Gasteiger partial charge < -0.3 is 20.4 Å². The smallest absolute Gasteiger partial charge is 0.253 e. The predicted octanol–water partition coefficient (Wildman–Crippen LogP) is 3.69. The Morgan fingerprint density at radius 2 is 1.54 bits per heavy atom. The minimum absolute atomic E-state index is 0.00321. The Balaban J connectivity index is 1.10. The van der Waals surface area contributed by atoms with Crippen molar-refractivity contribution in [3.63, 3.8) is 0 Å². The van der Waals surface area contributed by atoms with Crippen molar-refractivity contribution in [1.82, 2.24) is 9.80 Å². The van der Waals surface area contributed by atoms with Crippen molar-refractivity contribution in [2.45, 2.75) is 51.0 Å². The number of rotatable bonds is 8. The van der Waals surface area contributed by atoms with Crippen LogP contribution in [0.3, 0.4) is 0 Å². The van der Waals surface area contributed by atoms with E-state index in [2.05, 4.69) is 10.6 Å². The van der Waals surface area contributed by atoms with E-state index in [4.69, 9.17) is 0 Å². The van der Waals surface area contributed by atoms with Gasteiger partial charge in [0, 0.05) is 55.0 Å². The first-order valence-electron chi connectivity index (χ1n) is 13.2. The Morgan fingerprint density at radius 3 is 2.19 bits per heavy atom. The van der Waals surface area contributed by atoms with Gasteiger partial charge in [0.15, 0.2) is 0 Å². The highest BCUT2D eigenvalue weighted by Gasteiger charge is 2.36. The number of nitrogens with zero attached hydrogens (tertiary/aromatic N) is 2. The van der Waals surface area contributed by atoms with E-state index in [0.717, 1.165) is 31.2 Å². The van der Waals surface area contributed by atoms with Gasteiger partial charge in [-0.1, -0.05) is 12.1 Å². The molecule has 2 saturated carbocycles. The third-order valence-electron chi connectivity index (χ3n) is 7.49. The highest BCUT2D eigenvalue weighted by atomic mass is 16.2. The van der Waals surface area contributed by atoms with E-state index in [1.165, 1.54) is 0 Å². The largest absolute Gasteiger partial charge is 0.342 e. The maximum atomic E-state index is 12.8. The number of hydrogen-bond donors (Lipinski definition) is 2. The lowest BCUT2D eigenvalue weighted by Crippen LogP contribution is -2.42. The fraction of sp³-hybridized carbons (Fsp3) is 0.448. The van der Waals surface area contributed by atoms with Crippen LogP contribution in [0.25, 0.3) is 0 Å². The van der Waals surface area contributed by atoms with Crippen LogP contribution in [0, 0.1) is 11.8 Å². The van der Waals surface area contributed by atoms with Crippen LogP contribution in [0.5, 0.6) is 0 Å². The fourth-order valence-corrected chi connectivity index (χ4v) is 4.87. The van der Waals surface area contributed by atoms with Gasteiger partial charge in [-0.05, 0) is 80.5 Å². The summed E-state index contributed by atoms with van der Waals surface area (Å²) in [6, 6.07) is 14.6. The number of carbonyl (C=O) groups excluding carboxylic acids is 4. The Bertz CT molecular complexity index is 1180. The van der Waals surface area contributed by atoms with Crippen LogP contribution in [-0.2, 0) is 20.8 Å². The van der Waals surface area contributed by atoms with Gasteiger partial charge in [-0.15, -0.1) is 0 Å². The van der Waals surface area contributed by atoms with Crippen LogP contribution in [0.4, 0.5) is 11.4 Å². The molecule has 0 atom stereocenters. The molecule has 3 aliphatic rings. The zero-order valence-corrected chi connectivity index (χ0v) is 21.2. The third kappa shape index (κ3) is 6.37. The molecule has 0 radical (unpaired) electrons. The molecule has 2 N–H and O–H groups in total. The van der Waals surface area contributed by atoms with Crippen LogP contribution in [0.2, 0.25) is 0 Å². The molecule has 8 nitrogen and oxygen atoms in total. The first-order chi connectivity index (χ1) is 17.9. The SMILES string of the molecule is CN(C(=O)c1ccc(NC(=O)Cc2cccc(NC(=O)C3CCN(C(=O)C4CC4)CC3)c2)cc1)C1CC1. The summed E-state index contributed by atoms with van der Waals surface area (Å²) in [4.78, 5) is 53.8. The summed E-state index contributed by atoms with van der Waals surface area (Å²) in [6.45, 7) is 1.28. The molecule has 1 saturated heterocycles. The maximum absolute atomic E-state index is 12.8. The van der Waals surface area contributed by atoms with E-state index < -0.39 is 0 Å². The minimum atomic E-state index is -0.176. The minimum Gasteiger partial charge on any atom is -0.342 e. The third-order valence-corrected chi connectivity index (χ3v) is 7.49. The van der Waals surface area contributed by atoms with E-state index in [1.54, 1.807) is 29.2 Å². The number of nitrogens with one attached hydrogen (secondary N) is 2. The molecule has 3 fully saturated rings. The summed E-state index contributed by atoms with van der Waals surface area (Å²) in [6.07, 6.45) is 5.63. The van der Waals surface area contributed by atoms with Crippen molar-refractivity contribution in [3.8, 4) is 0 Å². The van der Waals surface area contributed by atoms with Gasteiger partial charge >= 0.3 is 0 Å². The Morgan fingerprint density at radius 1 is 0.838 bits per heavy atom. The topological polar surface area (TPSA) is 98.8 Å². The average molecular weight is 503 g/mol. The van der Waals surface area contributed by atoms with Crippen molar-refractivity contribution in [1.29, 1.82) is 0 Å². The van der Waals surface area contributed by atoms with E-state index in [9.17, 15) is 19.2 Å². The second-order valence-corrected chi connectivity index (χ2v) is 10.5. The van der Waals surface area contributed by atoms with Crippen molar-refractivity contribution in [3.05, 3.63) is 59.7 Å². The lowest BCUT2D eigenvalue weighted by molar-refractivity contribution is -0.135. The number of hydrogen-bond acceptors (Lipinski definition) is 4. The zero-order valence-electron chi connectivity index (χ0n) is 21.2. The van der Waals surface area contributed by atoms with Gasteiger partial charge in [0.25, 0.3) is 5.91 Å². The summed E-state index contributed by atoms with van der Waals surface area (Å²) >= 11 is 0. The van der Waals surface area contributed by atoms with Gasteiger partial charge in [0.2, 0.25) is 17.7 Å². The summed E-state index contributed by atoms with van der Waals surface area (Å²) in [5.41, 5.74) is 2.69. The van der Waals surface area contributed by atoms with Crippen molar-refractivity contribution in [2.75, 3.05) is 30.8 Å². The molecule has 0 bridgehead atoms. The van der Waals surface area contributed by atoms with Crippen LogP contribution in [0.1, 0.15) is 54.4 Å². The second kappa shape index (κ2) is 10.7. The molecule has 0 spiro atoms. The van der Waals surface area contributed by atoms with Crippen molar-refractivity contribution < 1.29 is 19.2 Å². The average Bonchev–Trinajstić information content (AvgIpc) is 3.82. The summed E-state index contributed by atoms with van der Waals surface area (Å²) in [5, 5.41) is 5.86. The van der Waals surface area contributed by atoms with E-state index >= 15 is 0 Å². The van der Waals surface area contributed by atoms with Gasteiger partial charge in [0.1, 0.15) is 0 Å². The lowest BCUT2D eigenvalue weighted by atomic mass is 9.95. The maximum Gasteiger partial charge on any atom is 0.253 e. The summed E-state index contributed by atoms with van der Waals surface area (Å²) in [5.74, 6) is 0.126. The molecule has 37 heavy (non-hydrogen) atoms. The number of likely N-dealkylation sites (tertiary alicyclic amines) is 1. The first kappa shape index (κ1) is 25.0. The normalized spacial score (nSPS) is 17.7. The Labute approximate surface area is 217 Å². The molecule has 8 heteroatoms. The van der Waals surface area contributed by atoms with Gasteiger partial charge in [0.05, 0.1) is 6.42 Å². The number of piperidine rings is 1. The Kier molecular flexibility index (Phi) is 7.26. The molecular formula is C29H34N4O4. The highest BCUT2D eigenvalue weighted by Crippen LogP contribution is 2.32. The van der Waals surface area contributed by atoms with Gasteiger partial charge in [-0.2, -0.15) is 0 Å². The van der Waals surface area contributed by atoms with Crippen molar-refractivity contribution in [2.24, 2.45) is 11.8 Å². The van der Waals surface area contributed by atoms with Crippen LogP contribution in [-0.4, -0.2) is 59.6 Å². The van der Waals surface area contributed by atoms with Crippen LogP contribution in [0.15, 0.2) is 48.5 Å². The van der Waals surface area contributed by atoms with Crippen LogP contribution >= 0.6 is 0 Å². The molecule has 2 aromatic carbocycles. The predicted molar refractivity (Wildman–Crippen MR) is 141 cm³/mol. The zero-order chi connectivity index (χ0) is 25.9.